The maximum absolute atomic E-state index is 11.6. The van der Waals surface area contributed by atoms with Crippen LogP contribution in [0.5, 0.6) is 5.75 Å². The topological polar surface area (TPSA) is 52.6 Å². The summed E-state index contributed by atoms with van der Waals surface area (Å²) in [5.41, 5.74) is 0.615. The molecule has 1 rings (SSSR count). The predicted molar refractivity (Wildman–Crippen MR) is 61.5 cm³/mol. The molecule has 0 aliphatic carbocycles. The zero-order chi connectivity index (χ0) is 12.3. The molecule has 0 amide bonds. The summed E-state index contributed by atoms with van der Waals surface area (Å²) in [7, 11) is -0.173. The molecule has 0 radical (unpaired) electrons. The average molecular weight is 244 g/mol. The quantitative estimate of drug-likeness (QED) is 0.810. The Kier molecular flexibility index (Phi) is 3.93. The summed E-state index contributed by atoms with van der Waals surface area (Å²) in [6.07, 6.45) is 0.889. The van der Waals surface area contributed by atoms with Crippen molar-refractivity contribution in [2.45, 2.75) is 17.9 Å². The summed E-state index contributed by atoms with van der Waals surface area (Å²) in [4.78, 5) is 0.280. The lowest BCUT2D eigenvalue weighted by molar-refractivity contribution is 0.117. The fraction of sp³-hybridized carbons (Fsp3) is 0.455. The number of rotatable bonds is 4. The van der Waals surface area contributed by atoms with E-state index in [9.17, 15) is 8.42 Å². The van der Waals surface area contributed by atoms with Gasteiger partial charge in [-0.05, 0) is 25.1 Å². The second kappa shape index (κ2) is 4.84. The first kappa shape index (κ1) is 13.0. The number of hydrogen-bond acceptors (Lipinski definition) is 4. The Bertz CT molecular complexity index is 465. The zero-order valence-corrected chi connectivity index (χ0v) is 10.7. The van der Waals surface area contributed by atoms with Crippen molar-refractivity contribution in [1.82, 2.24) is 0 Å². The smallest absolute Gasteiger partial charge is 0.175 e. The van der Waals surface area contributed by atoms with Gasteiger partial charge in [-0.25, -0.2) is 8.42 Å². The van der Waals surface area contributed by atoms with Crippen LogP contribution in [0.3, 0.4) is 0 Å². The molecule has 16 heavy (non-hydrogen) atoms. The zero-order valence-electron chi connectivity index (χ0n) is 9.85. The molecule has 5 heteroatoms. The molecule has 4 nitrogen and oxygen atoms in total. The molecule has 0 bridgehead atoms. The third kappa shape index (κ3) is 2.74. The summed E-state index contributed by atoms with van der Waals surface area (Å²) >= 11 is 0. The predicted octanol–water partition coefficient (Wildman–Crippen LogP) is 1.81. The molecule has 90 valence electrons. The number of methoxy groups -OCH3 is 2. The van der Waals surface area contributed by atoms with E-state index in [1.54, 1.807) is 25.1 Å². The van der Waals surface area contributed by atoms with E-state index in [0.717, 1.165) is 0 Å². The summed E-state index contributed by atoms with van der Waals surface area (Å²) in [5.74, 6) is 0.617. The van der Waals surface area contributed by atoms with Gasteiger partial charge in [-0.1, -0.05) is 0 Å². The number of benzene rings is 1. The monoisotopic (exact) mass is 244 g/mol. The summed E-state index contributed by atoms with van der Waals surface area (Å²) < 4.78 is 33.4. The molecule has 0 saturated carbocycles. The van der Waals surface area contributed by atoms with Crippen molar-refractivity contribution in [3.8, 4) is 5.75 Å². The van der Waals surface area contributed by atoms with Gasteiger partial charge in [-0.3, -0.25) is 0 Å². The lowest BCUT2D eigenvalue weighted by atomic mass is 10.1. The minimum Gasteiger partial charge on any atom is -0.497 e. The highest BCUT2D eigenvalue weighted by molar-refractivity contribution is 7.90. The summed E-state index contributed by atoms with van der Waals surface area (Å²) in [6.45, 7) is 1.80. The standard InChI is InChI=1S/C11H16O4S/c1-8(14-2)10-7-9(15-3)5-6-11(10)16(4,12)13/h5-8H,1-4H3. The van der Waals surface area contributed by atoms with Gasteiger partial charge in [0, 0.05) is 18.9 Å². The van der Waals surface area contributed by atoms with Gasteiger partial charge >= 0.3 is 0 Å². The highest BCUT2D eigenvalue weighted by atomic mass is 32.2. The van der Waals surface area contributed by atoms with Gasteiger partial charge in [-0.15, -0.1) is 0 Å². The van der Waals surface area contributed by atoms with Gasteiger partial charge in [-0.2, -0.15) is 0 Å². The molecule has 0 fully saturated rings. The summed E-state index contributed by atoms with van der Waals surface area (Å²) in [5, 5.41) is 0. The van der Waals surface area contributed by atoms with Gasteiger partial charge in [0.15, 0.2) is 9.84 Å². The first-order valence-electron chi connectivity index (χ1n) is 4.81. The Balaban J connectivity index is 3.39. The Hall–Kier alpha value is -1.07. The van der Waals surface area contributed by atoms with Crippen LogP contribution in [-0.4, -0.2) is 28.9 Å². The lowest BCUT2D eigenvalue weighted by Gasteiger charge is -2.15. The fourth-order valence-corrected chi connectivity index (χ4v) is 2.40. The van der Waals surface area contributed by atoms with E-state index < -0.39 is 9.84 Å². The lowest BCUT2D eigenvalue weighted by Crippen LogP contribution is -2.06. The second-order valence-corrected chi connectivity index (χ2v) is 5.54. The van der Waals surface area contributed by atoms with E-state index >= 15 is 0 Å². The Morgan fingerprint density at radius 2 is 1.88 bits per heavy atom. The van der Waals surface area contributed by atoms with Crippen LogP contribution >= 0.6 is 0 Å². The Labute approximate surface area is 96.1 Å². The summed E-state index contributed by atoms with van der Waals surface area (Å²) in [6, 6.07) is 4.85. The van der Waals surface area contributed by atoms with Crippen LogP contribution in [0.25, 0.3) is 0 Å². The third-order valence-electron chi connectivity index (χ3n) is 2.41. The highest BCUT2D eigenvalue weighted by Crippen LogP contribution is 2.28. The minimum absolute atomic E-state index is 0.280. The second-order valence-electron chi connectivity index (χ2n) is 3.55. The van der Waals surface area contributed by atoms with Crippen LogP contribution in [0.15, 0.2) is 23.1 Å². The first-order valence-corrected chi connectivity index (χ1v) is 6.70. The van der Waals surface area contributed by atoms with E-state index in [0.29, 0.717) is 11.3 Å². The van der Waals surface area contributed by atoms with E-state index in [-0.39, 0.29) is 11.0 Å². The maximum atomic E-state index is 11.6. The normalized spacial score (nSPS) is 13.5. The van der Waals surface area contributed by atoms with Crippen LogP contribution in [0.1, 0.15) is 18.6 Å². The van der Waals surface area contributed by atoms with Crippen LogP contribution in [0, 0.1) is 0 Å². The van der Waals surface area contributed by atoms with Gasteiger partial charge < -0.3 is 9.47 Å². The van der Waals surface area contributed by atoms with Crippen molar-refractivity contribution < 1.29 is 17.9 Å². The third-order valence-corrected chi connectivity index (χ3v) is 3.58. The molecule has 1 aromatic carbocycles. The number of sulfone groups is 1. The van der Waals surface area contributed by atoms with Crippen molar-refractivity contribution in [3.05, 3.63) is 23.8 Å². The molecular formula is C11H16O4S. The van der Waals surface area contributed by atoms with Crippen LogP contribution < -0.4 is 4.74 Å². The first-order chi connectivity index (χ1) is 7.40. The van der Waals surface area contributed by atoms with Crippen LogP contribution in [0.2, 0.25) is 0 Å². The van der Waals surface area contributed by atoms with Gasteiger partial charge in [0.2, 0.25) is 0 Å². The molecule has 1 aromatic rings. The minimum atomic E-state index is -3.25. The Morgan fingerprint density at radius 1 is 1.25 bits per heavy atom. The van der Waals surface area contributed by atoms with E-state index in [4.69, 9.17) is 9.47 Å². The molecule has 0 spiro atoms. The molecule has 0 saturated heterocycles. The van der Waals surface area contributed by atoms with Crippen molar-refractivity contribution in [1.29, 1.82) is 0 Å². The maximum Gasteiger partial charge on any atom is 0.175 e. The van der Waals surface area contributed by atoms with Crippen LogP contribution in [0.4, 0.5) is 0 Å². The molecule has 1 atom stereocenters. The number of ether oxygens (including phenoxy) is 2. The number of hydrogen-bond donors (Lipinski definition) is 0. The molecular weight excluding hydrogens is 228 g/mol. The van der Waals surface area contributed by atoms with Crippen LogP contribution in [-0.2, 0) is 14.6 Å². The highest BCUT2D eigenvalue weighted by Gasteiger charge is 2.18. The van der Waals surface area contributed by atoms with Crippen molar-refractivity contribution in [2.75, 3.05) is 20.5 Å². The molecule has 1 unspecified atom stereocenters. The van der Waals surface area contributed by atoms with E-state index in [1.807, 2.05) is 0 Å². The van der Waals surface area contributed by atoms with Gasteiger partial charge in [0.1, 0.15) is 5.75 Å². The molecule has 0 aliphatic rings. The van der Waals surface area contributed by atoms with E-state index in [1.165, 1.54) is 20.5 Å². The van der Waals surface area contributed by atoms with Gasteiger partial charge in [0.25, 0.3) is 0 Å². The van der Waals surface area contributed by atoms with Crippen molar-refractivity contribution in [3.63, 3.8) is 0 Å². The van der Waals surface area contributed by atoms with Gasteiger partial charge in [0.05, 0.1) is 18.1 Å². The average Bonchev–Trinajstić information content (AvgIpc) is 2.25. The Morgan fingerprint density at radius 3 is 2.31 bits per heavy atom. The largest absolute Gasteiger partial charge is 0.497 e. The van der Waals surface area contributed by atoms with Crippen molar-refractivity contribution in [2.24, 2.45) is 0 Å². The molecule has 0 N–H and O–H groups in total. The fourth-order valence-electron chi connectivity index (χ4n) is 1.44. The molecule has 0 aliphatic heterocycles. The SMILES string of the molecule is COc1ccc(S(C)(=O)=O)c(C(C)OC)c1. The molecule has 0 aromatic heterocycles. The van der Waals surface area contributed by atoms with E-state index in [2.05, 4.69) is 0 Å². The van der Waals surface area contributed by atoms with Crippen molar-refractivity contribution >= 4 is 9.84 Å². The molecule has 0 heterocycles.